The number of hydrogen-bond acceptors (Lipinski definition) is 3. The molecule has 1 saturated carbocycles. The third-order valence-corrected chi connectivity index (χ3v) is 6.69. The molecule has 6 heteroatoms. The van der Waals surface area contributed by atoms with Crippen LogP contribution in [0.15, 0.2) is 24.3 Å². The van der Waals surface area contributed by atoms with E-state index >= 15 is 0 Å². The van der Waals surface area contributed by atoms with Crippen LogP contribution in [-0.4, -0.2) is 37.5 Å². The molecule has 2 aliphatic rings. The first-order chi connectivity index (χ1) is 11.9. The van der Waals surface area contributed by atoms with E-state index in [1.807, 2.05) is 12.1 Å². The minimum atomic E-state index is -3.39. The van der Waals surface area contributed by atoms with E-state index < -0.39 is 10.0 Å². The van der Waals surface area contributed by atoms with Crippen molar-refractivity contribution in [1.82, 2.24) is 9.62 Å². The van der Waals surface area contributed by atoms with Crippen LogP contribution >= 0.6 is 0 Å². The molecule has 0 radical (unpaired) electrons. The number of carbonyl (C=O) groups is 1. The van der Waals surface area contributed by atoms with Crippen LogP contribution in [0.5, 0.6) is 0 Å². The number of aryl methyl sites for hydroxylation is 1. The van der Waals surface area contributed by atoms with Crippen molar-refractivity contribution < 1.29 is 13.2 Å². The average Bonchev–Trinajstić information content (AvgIpc) is 2.60. The van der Waals surface area contributed by atoms with Gasteiger partial charge in [-0.05, 0) is 43.2 Å². The van der Waals surface area contributed by atoms with Gasteiger partial charge in [-0.2, -0.15) is 4.31 Å². The highest BCUT2D eigenvalue weighted by Crippen LogP contribution is 2.29. The lowest BCUT2D eigenvalue weighted by molar-refractivity contribution is -0.122. The van der Waals surface area contributed by atoms with Crippen LogP contribution < -0.4 is 5.32 Å². The molecule has 138 valence electrons. The molecule has 1 fully saturated rings. The lowest BCUT2D eigenvalue weighted by atomic mass is 9.88. The molecule has 0 bridgehead atoms. The summed E-state index contributed by atoms with van der Waals surface area (Å²) in [5, 5.41) is 3.07. The highest BCUT2D eigenvalue weighted by Gasteiger charge is 2.31. The van der Waals surface area contributed by atoms with Gasteiger partial charge >= 0.3 is 0 Å². The van der Waals surface area contributed by atoms with E-state index in [1.54, 1.807) is 0 Å². The molecule has 5 nitrogen and oxygen atoms in total. The Bertz CT molecular complexity index is 711. The molecular weight excluding hydrogens is 336 g/mol. The minimum absolute atomic E-state index is 0.00906. The van der Waals surface area contributed by atoms with Gasteiger partial charge in [-0.1, -0.05) is 43.5 Å². The second-order valence-corrected chi connectivity index (χ2v) is 9.25. The van der Waals surface area contributed by atoms with E-state index in [0.29, 0.717) is 0 Å². The number of carbonyl (C=O) groups excluding carboxylic acids is 1. The van der Waals surface area contributed by atoms with Gasteiger partial charge in [0.2, 0.25) is 15.9 Å². The molecular formula is C19H28N2O3S. The van der Waals surface area contributed by atoms with Gasteiger partial charge in [0.1, 0.15) is 0 Å². The molecule has 1 amide bonds. The molecule has 2 aliphatic carbocycles. The summed E-state index contributed by atoms with van der Waals surface area (Å²) in [6, 6.07) is 8.15. The number of rotatable bonds is 5. The third-order valence-electron chi connectivity index (χ3n) is 5.41. The molecule has 0 spiro atoms. The minimum Gasteiger partial charge on any atom is -0.348 e. The van der Waals surface area contributed by atoms with Crippen molar-refractivity contribution >= 4 is 15.9 Å². The van der Waals surface area contributed by atoms with E-state index in [0.717, 1.165) is 51.4 Å². The van der Waals surface area contributed by atoms with Gasteiger partial charge < -0.3 is 5.32 Å². The Hall–Kier alpha value is -1.40. The predicted octanol–water partition coefficient (Wildman–Crippen LogP) is 2.77. The molecule has 0 unspecified atom stereocenters. The van der Waals surface area contributed by atoms with E-state index in [2.05, 4.69) is 17.4 Å². The van der Waals surface area contributed by atoms with Gasteiger partial charge in [0, 0.05) is 6.04 Å². The molecule has 0 saturated heterocycles. The first-order valence-corrected chi connectivity index (χ1v) is 11.1. The second kappa shape index (κ2) is 7.87. The molecule has 0 aromatic heterocycles. The fourth-order valence-corrected chi connectivity index (χ4v) is 5.28. The number of hydrogen-bond donors (Lipinski definition) is 1. The maximum atomic E-state index is 12.6. The fourth-order valence-electron chi connectivity index (χ4n) is 4.17. The number of nitrogens with one attached hydrogen (secondary N) is 1. The van der Waals surface area contributed by atoms with Crippen molar-refractivity contribution in [2.24, 2.45) is 0 Å². The van der Waals surface area contributed by atoms with Crippen molar-refractivity contribution in [3.63, 3.8) is 0 Å². The van der Waals surface area contributed by atoms with Crippen LogP contribution in [0.1, 0.15) is 62.1 Å². The zero-order chi connectivity index (χ0) is 17.9. The van der Waals surface area contributed by atoms with Crippen LogP contribution in [0.4, 0.5) is 0 Å². The number of amides is 1. The molecule has 0 heterocycles. The van der Waals surface area contributed by atoms with Crippen molar-refractivity contribution in [3.05, 3.63) is 35.4 Å². The first-order valence-electron chi connectivity index (χ1n) is 9.29. The summed E-state index contributed by atoms with van der Waals surface area (Å²) in [5.74, 6) is -0.197. The van der Waals surface area contributed by atoms with E-state index in [1.165, 1.54) is 21.7 Å². The third kappa shape index (κ3) is 4.61. The highest BCUT2D eigenvalue weighted by atomic mass is 32.2. The van der Waals surface area contributed by atoms with Crippen LogP contribution in [0.3, 0.4) is 0 Å². The normalized spacial score (nSPS) is 21.8. The molecule has 3 rings (SSSR count). The molecule has 1 atom stereocenters. The largest absolute Gasteiger partial charge is 0.348 e. The Morgan fingerprint density at radius 3 is 2.56 bits per heavy atom. The smallest absolute Gasteiger partial charge is 0.235 e. The highest BCUT2D eigenvalue weighted by molar-refractivity contribution is 7.88. The van der Waals surface area contributed by atoms with Crippen molar-refractivity contribution in [3.8, 4) is 0 Å². The maximum absolute atomic E-state index is 12.6. The van der Waals surface area contributed by atoms with Gasteiger partial charge in [-0.25, -0.2) is 8.42 Å². The van der Waals surface area contributed by atoms with Gasteiger partial charge in [0.25, 0.3) is 0 Å². The predicted molar refractivity (Wildman–Crippen MR) is 98.7 cm³/mol. The number of fused-ring (bicyclic) bond motifs is 1. The quantitative estimate of drug-likeness (QED) is 0.874. The Morgan fingerprint density at radius 1 is 1.12 bits per heavy atom. The standard InChI is InChI=1S/C19H28N2O3S/c1-25(23,24)21(16-10-3-2-4-11-16)14-19(22)20-18-13-7-9-15-8-5-6-12-17(15)18/h5-6,8,12,16,18H,2-4,7,9-11,13-14H2,1H3,(H,20,22)/t18-/m1/s1. The summed E-state index contributed by atoms with van der Waals surface area (Å²) in [4.78, 5) is 12.6. The second-order valence-electron chi connectivity index (χ2n) is 7.31. The van der Waals surface area contributed by atoms with Gasteiger partial charge in [0.15, 0.2) is 0 Å². The monoisotopic (exact) mass is 364 g/mol. The maximum Gasteiger partial charge on any atom is 0.235 e. The van der Waals surface area contributed by atoms with Crippen molar-refractivity contribution in [1.29, 1.82) is 0 Å². The average molecular weight is 365 g/mol. The van der Waals surface area contributed by atoms with E-state index in [4.69, 9.17) is 0 Å². The van der Waals surface area contributed by atoms with Crippen LogP contribution in [0.2, 0.25) is 0 Å². The lowest BCUT2D eigenvalue weighted by Gasteiger charge is -2.33. The summed E-state index contributed by atoms with van der Waals surface area (Å²) in [7, 11) is -3.39. The lowest BCUT2D eigenvalue weighted by Crippen LogP contribution is -2.47. The fraction of sp³-hybridized carbons (Fsp3) is 0.632. The molecule has 1 N–H and O–H groups in total. The van der Waals surface area contributed by atoms with Crippen molar-refractivity contribution in [2.45, 2.75) is 63.5 Å². The summed E-state index contributed by atoms with van der Waals surface area (Å²) in [6.45, 7) is -0.0673. The van der Waals surface area contributed by atoms with Gasteiger partial charge in [-0.15, -0.1) is 0 Å². The number of sulfonamides is 1. The Labute approximate surface area is 150 Å². The Balaban J connectivity index is 1.68. The van der Waals surface area contributed by atoms with E-state index in [9.17, 15) is 13.2 Å². The number of nitrogens with zero attached hydrogens (tertiary/aromatic N) is 1. The topological polar surface area (TPSA) is 66.5 Å². The Kier molecular flexibility index (Phi) is 5.79. The van der Waals surface area contributed by atoms with Crippen molar-refractivity contribution in [2.75, 3.05) is 12.8 Å². The van der Waals surface area contributed by atoms with E-state index in [-0.39, 0.29) is 24.5 Å². The van der Waals surface area contributed by atoms with Crippen LogP contribution in [-0.2, 0) is 21.2 Å². The summed E-state index contributed by atoms with van der Waals surface area (Å²) in [6.07, 6.45) is 9.14. The Morgan fingerprint density at radius 2 is 1.84 bits per heavy atom. The number of benzene rings is 1. The van der Waals surface area contributed by atoms with Crippen LogP contribution in [0.25, 0.3) is 0 Å². The zero-order valence-corrected chi connectivity index (χ0v) is 15.7. The summed E-state index contributed by atoms with van der Waals surface area (Å²) < 4.78 is 25.8. The van der Waals surface area contributed by atoms with Gasteiger partial charge in [-0.3, -0.25) is 4.79 Å². The SMILES string of the molecule is CS(=O)(=O)N(CC(=O)N[C@@H]1CCCc2ccccc21)C1CCCCC1. The molecule has 0 aliphatic heterocycles. The molecule has 1 aromatic carbocycles. The molecule has 1 aromatic rings. The zero-order valence-electron chi connectivity index (χ0n) is 14.9. The summed E-state index contributed by atoms with van der Waals surface area (Å²) in [5.41, 5.74) is 2.46. The first kappa shape index (κ1) is 18.4. The summed E-state index contributed by atoms with van der Waals surface area (Å²) >= 11 is 0. The van der Waals surface area contributed by atoms with Gasteiger partial charge in [0.05, 0.1) is 18.8 Å². The molecule has 25 heavy (non-hydrogen) atoms. The van der Waals surface area contributed by atoms with Crippen LogP contribution in [0, 0.1) is 0 Å².